The van der Waals surface area contributed by atoms with Crippen LogP contribution in [0, 0.1) is 0 Å². The van der Waals surface area contributed by atoms with Crippen LogP contribution in [-0.2, 0) is 20.0 Å². The fourth-order valence-electron chi connectivity index (χ4n) is 5.79. The zero-order chi connectivity index (χ0) is 31.9. The van der Waals surface area contributed by atoms with Crippen LogP contribution in [0.4, 0.5) is 14.7 Å². The lowest BCUT2D eigenvalue weighted by Gasteiger charge is -2.30. The van der Waals surface area contributed by atoms with Gasteiger partial charge in [-0.25, -0.2) is 31.5 Å². The van der Waals surface area contributed by atoms with Gasteiger partial charge in [-0.2, -0.15) is 13.4 Å². The second kappa shape index (κ2) is 12.0. The van der Waals surface area contributed by atoms with E-state index < -0.39 is 43.6 Å². The van der Waals surface area contributed by atoms with E-state index in [0.29, 0.717) is 56.3 Å². The molecule has 0 amide bonds. The third-order valence-electron chi connectivity index (χ3n) is 8.04. The Morgan fingerprint density at radius 1 is 1.04 bits per heavy atom. The Morgan fingerprint density at radius 3 is 2.47 bits per heavy atom. The van der Waals surface area contributed by atoms with Crippen molar-refractivity contribution in [1.29, 1.82) is 0 Å². The van der Waals surface area contributed by atoms with Gasteiger partial charge >= 0.3 is 0 Å². The third kappa shape index (κ3) is 6.37. The molecule has 0 spiro atoms. The number of rotatable bonds is 8. The highest BCUT2D eigenvalue weighted by Gasteiger charge is 2.31. The minimum atomic E-state index is -4.18. The molecule has 4 heterocycles. The average Bonchev–Trinajstić information content (AvgIpc) is 3.68. The number of nitrogens with zero attached hydrogens (tertiary/aromatic N) is 7. The number of nitrogens with one attached hydrogen (secondary N) is 1. The molecule has 238 valence electrons. The summed E-state index contributed by atoms with van der Waals surface area (Å²) in [5, 5.41) is 8.51. The Morgan fingerprint density at radius 2 is 1.78 bits per heavy atom. The monoisotopic (exact) mass is 660 g/mol. The normalized spacial score (nSPS) is 19.6. The van der Waals surface area contributed by atoms with Crippen molar-refractivity contribution in [1.82, 2.24) is 33.0 Å². The van der Waals surface area contributed by atoms with Crippen molar-refractivity contribution >= 4 is 37.0 Å². The van der Waals surface area contributed by atoms with Gasteiger partial charge in [0.15, 0.2) is 5.82 Å². The summed E-state index contributed by atoms with van der Waals surface area (Å²) in [5.74, 6) is 0.358. The first-order valence-electron chi connectivity index (χ1n) is 14.3. The largest absolute Gasteiger partial charge is 0.351 e. The lowest BCUT2D eigenvalue weighted by molar-refractivity contribution is 0.149. The van der Waals surface area contributed by atoms with E-state index in [0.717, 1.165) is 32.7 Å². The molecule has 13 nitrogen and oxygen atoms in total. The van der Waals surface area contributed by atoms with Crippen molar-refractivity contribution in [3.05, 3.63) is 75.8 Å². The number of sulfonamides is 1. The van der Waals surface area contributed by atoms with Gasteiger partial charge in [-0.05, 0) is 43.7 Å². The lowest BCUT2D eigenvalue weighted by atomic mass is 10.1. The molecule has 0 radical (unpaired) electrons. The number of fused-ring (bicyclic) bond motifs is 1. The highest BCUT2D eigenvalue weighted by Crippen LogP contribution is 2.37. The molecule has 2 fully saturated rings. The topological polar surface area (TPSA) is 162 Å². The van der Waals surface area contributed by atoms with Crippen LogP contribution in [0.2, 0.25) is 0 Å². The van der Waals surface area contributed by atoms with Crippen LogP contribution in [0.25, 0.3) is 22.4 Å². The molecule has 6 rings (SSSR count). The van der Waals surface area contributed by atoms with Crippen LogP contribution < -0.4 is 10.9 Å². The van der Waals surface area contributed by atoms with Gasteiger partial charge in [0.1, 0.15) is 12.0 Å². The van der Waals surface area contributed by atoms with Gasteiger partial charge in [0.05, 0.1) is 23.3 Å². The van der Waals surface area contributed by atoms with Crippen molar-refractivity contribution in [3.8, 4) is 11.4 Å². The van der Waals surface area contributed by atoms with E-state index in [4.69, 9.17) is 0 Å². The number of anilines is 1. The van der Waals surface area contributed by atoms with E-state index in [2.05, 4.69) is 25.4 Å². The van der Waals surface area contributed by atoms with Gasteiger partial charge in [0.25, 0.3) is 22.0 Å². The van der Waals surface area contributed by atoms with E-state index in [1.54, 1.807) is 24.3 Å². The summed E-state index contributed by atoms with van der Waals surface area (Å²) in [6.07, 6.45) is 2.65. The van der Waals surface area contributed by atoms with Crippen LogP contribution in [-0.4, -0.2) is 75.2 Å². The molecule has 1 saturated carbocycles. The Kier molecular flexibility index (Phi) is 8.26. The maximum absolute atomic E-state index is 14.0. The third-order valence-corrected chi connectivity index (χ3v) is 10.6. The van der Waals surface area contributed by atoms with Crippen molar-refractivity contribution in [2.45, 2.75) is 50.6 Å². The standard InChI is InChI=1S/C28H30F2N8O5S2/c1-44(40,41)36-12-10-21(11-13-36)33-28-31-15-20-14-22(24(29)30)27(39)38(26(20)34-28)23-9-5-8-19(23)16-45(42,43)37-17-32-25(35-37)18-6-3-2-4-7-18/h2-4,6-7,14-17,21,23-24H,5,8-13H2,1H3,(H,31,33,34)/b19-16+. The number of aromatic nitrogens is 6. The molecule has 1 N–H and O–H groups in total. The smallest absolute Gasteiger partial charge is 0.277 e. The first-order valence-corrected chi connectivity index (χ1v) is 17.6. The summed E-state index contributed by atoms with van der Waals surface area (Å²) in [6, 6.07) is 8.90. The predicted molar refractivity (Wildman–Crippen MR) is 163 cm³/mol. The molecule has 1 aromatic carbocycles. The zero-order valence-electron chi connectivity index (χ0n) is 24.1. The number of allylic oxidation sites excluding steroid dienone is 1. The molecule has 1 atom stereocenters. The fraction of sp³-hybridized carbons (Fsp3) is 0.393. The Labute approximate surface area is 257 Å². The number of hydrogen-bond donors (Lipinski definition) is 1. The molecule has 0 bridgehead atoms. The summed E-state index contributed by atoms with van der Waals surface area (Å²) < 4.78 is 81.8. The highest BCUT2D eigenvalue weighted by atomic mass is 32.2. The maximum atomic E-state index is 14.0. The first kappa shape index (κ1) is 30.9. The zero-order valence-corrected chi connectivity index (χ0v) is 25.8. The number of piperidine rings is 1. The van der Waals surface area contributed by atoms with Gasteiger partial charge in [-0.1, -0.05) is 30.3 Å². The van der Waals surface area contributed by atoms with E-state index in [1.807, 2.05) is 6.07 Å². The fourth-order valence-corrected chi connectivity index (χ4v) is 7.80. The quantitative estimate of drug-likeness (QED) is 0.297. The van der Waals surface area contributed by atoms with Gasteiger partial charge in [-0.3, -0.25) is 9.36 Å². The maximum Gasteiger partial charge on any atom is 0.277 e. The number of pyridine rings is 1. The van der Waals surface area contributed by atoms with Crippen LogP contribution in [0.1, 0.15) is 50.1 Å². The summed E-state index contributed by atoms with van der Waals surface area (Å²) in [7, 11) is -7.49. The number of benzene rings is 1. The Hall–Kier alpha value is -4.09. The lowest BCUT2D eigenvalue weighted by Crippen LogP contribution is -2.42. The van der Waals surface area contributed by atoms with E-state index in [9.17, 15) is 30.4 Å². The number of halogens is 2. The molecule has 2 aliphatic rings. The minimum Gasteiger partial charge on any atom is -0.351 e. The average molecular weight is 661 g/mol. The summed E-state index contributed by atoms with van der Waals surface area (Å²) >= 11 is 0. The molecule has 1 aliphatic carbocycles. The van der Waals surface area contributed by atoms with E-state index in [-0.39, 0.29) is 28.8 Å². The van der Waals surface area contributed by atoms with Crippen LogP contribution in [0.15, 0.2) is 64.7 Å². The predicted octanol–water partition coefficient (Wildman–Crippen LogP) is 3.31. The Balaban J connectivity index is 1.35. The number of hydrogen-bond acceptors (Lipinski definition) is 10. The van der Waals surface area contributed by atoms with E-state index >= 15 is 0 Å². The first-order chi connectivity index (χ1) is 21.4. The molecule has 4 aromatic rings. The summed E-state index contributed by atoms with van der Waals surface area (Å²) in [6.45, 7) is 0.631. The summed E-state index contributed by atoms with van der Waals surface area (Å²) in [5.41, 5.74) is -0.644. The molecule has 1 aliphatic heterocycles. The van der Waals surface area contributed by atoms with Crippen molar-refractivity contribution < 1.29 is 25.6 Å². The summed E-state index contributed by atoms with van der Waals surface area (Å²) in [4.78, 5) is 26.4. The second-order valence-corrected chi connectivity index (χ2v) is 14.7. The molecule has 1 unspecified atom stereocenters. The molecular formula is C28H30F2N8O5S2. The van der Waals surface area contributed by atoms with Crippen LogP contribution >= 0.6 is 0 Å². The Bertz CT molecular complexity index is 2040. The SMILES string of the molecule is CS(=O)(=O)N1CCC(Nc2ncc3cc(C(F)F)c(=O)n(C4CCC/C4=C\S(=O)(=O)n4cnc(-c5ccccc5)n4)c3n2)CC1. The van der Waals surface area contributed by atoms with Crippen LogP contribution in [0.5, 0.6) is 0 Å². The molecular weight excluding hydrogens is 630 g/mol. The second-order valence-electron chi connectivity index (χ2n) is 11.1. The number of alkyl halides is 2. The van der Waals surface area contributed by atoms with Gasteiger partial charge in [-0.15, -0.1) is 9.19 Å². The van der Waals surface area contributed by atoms with Crippen molar-refractivity contribution in [3.63, 3.8) is 0 Å². The van der Waals surface area contributed by atoms with Gasteiger partial charge in [0, 0.05) is 36.3 Å². The molecule has 17 heteroatoms. The van der Waals surface area contributed by atoms with Crippen LogP contribution in [0.3, 0.4) is 0 Å². The van der Waals surface area contributed by atoms with E-state index in [1.165, 1.54) is 10.5 Å². The van der Waals surface area contributed by atoms with Crippen molar-refractivity contribution in [2.75, 3.05) is 24.7 Å². The van der Waals surface area contributed by atoms with Crippen molar-refractivity contribution in [2.24, 2.45) is 0 Å². The van der Waals surface area contributed by atoms with Gasteiger partial charge < -0.3 is 5.32 Å². The molecule has 3 aromatic heterocycles. The highest BCUT2D eigenvalue weighted by molar-refractivity contribution is 7.92. The van der Waals surface area contributed by atoms with Gasteiger partial charge in [0.2, 0.25) is 16.0 Å². The minimum absolute atomic E-state index is 0.0813. The molecule has 1 saturated heterocycles. The molecule has 45 heavy (non-hydrogen) atoms.